The summed E-state index contributed by atoms with van der Waals surface area (Å²) in [6.07, 6.45) is 0. The first-order valence-electron chi connectivity index (χ1n) is 20.9. The van der Waals surface area contributed by atoms with E-state index in [1.807, 2.05) is 60.7 Å². The van der Waals surface area contributed by atoms with Crippen molar-refractivity contribution in [2.45, 2.75) is 0 Å². The molecule has 0 aliphatic carbocycles. The maximum Gasteiger partial charge on any atom is 0.164 e. The summed E-state index contributed by atoms with van der Waals surface area (Å²) in [5, 5.41) is 4.86. The molecule has 3 heterocycles. The van der Waals surface area contributed by atoms with E-state index in [1.165, 1.54) is 54.8 Å². The van der Waals surface area contributed by atoms with Gasteiger partial charge in [-0.2, -0.15) is 0 Å². The van der Waals surface area contributed by atoms with E-state index >= 15 is 0 Å². The zero-order valence-corrected chi connectivity index (χ0v) is 33.6. The molecule has 0 aliphatic heterocycles. The summed E-state index contributed by atoms with van der Waals surface area (Å²) in [4.78, 5) is 15.0. The van der Waals surface area contributed by atoms with Crippen LogP contribution in [0.3, 0.4) is 0 Å². The lowest BCUT2D eigenvalue weighted by Crippen LogP contribution is -2.01. The van der Waals surface area contributed by atoms with Crippen LogP contribution in [0.25, 0.3) is 111 Å². The van der Waals surface area contributed by atoms with E-state index in [1.54, 1.807) is 0 Å². The van der Waals surface area contributed by atoms with E-state index < -0.39 is 0 Å². The van der Waals surface area contributed by atoms with Crippen molar-refractivity contribution in [1.29, 1.82) is 0 Å². The average Bonchev–Trinajstić information content (AvgIpc) is 3.87. The first kappa shape index (κ1) is 35.5. The Hall–Kier alpha value is -8.41. The summed E-state index contributed by atoms with van der Waals surface area (Å²) in [5.41, 5.74) is 14.4. The lowest BCUT2D eigenvalue weighted by atomic mass is 10.0. The van der Waals surface area contributed by atoms with Gasteiger partial charge in [0.1, 0.15) is 0 Å². The lowest BCUT2D eigenvalue weighted by molar-refractivity contribution is 1.07. The van der Waals surface area contributed by atoms with Crippen LogP contribution < -0.4 is 0 Å². The number of rotatable bonds is 7. The second-order valence-electron chi connectivity index (χ2n) is 15.7. The topological polar surface area (TPSA) is 48.5 Å². The van der Waals surface area contributed by atoms with Gasteiger partial charge in [0.25, 0.3) is 0 Å². The van der Waals surface area contributed by atoms with Gasteiger partial charge in [-0.25, -0.2) is 15.0 Å². The SMILES string of the molecule is c1ccc(-c2ccc(-n3c4ccccc4c4cc(-c5ccc6c(c5)c5ccccc5n6-c5cccc(-c6nc(-c7ccccc7)nc(-c7ccccc7)n6)c5)ccc43)cc2)cc1. The van der Waals surface area contributed by atoms with Gasteiger partial charge in [-0.05, 0) is 82.9 Å². The monoisotopic (exact) mass is 791 g/mol. The Balaban J connectivity index is 0.958. The molecule has 0 saturated heterocycles. The van der Waals surface area contributed by atoms with E-state index in [9.17, 15) is 0 Å². The number of fused-ring (bicyclic) bond motifs is 6. The standard InChI is InChI=1S/C57H37N5/c1-4-15-38(16-5-1)39-27-31-45(32-28-39)61-51-25-12-10-23-47(51)49-36-42(29-33-53(49)61)43-30-34-54-50(37-43)48-24-11-13-26-52(48)62(54)46-22-14-21-44(35-46)57-59-55(40-17-6-2-7-18-40)58-56(60-57)41-19-8-3-9-20-41/h1-37H. The van der Waals surface area contributed by atoms with Gasteiger partial charge in [-0.1, -0.05) is 164 Å². The molecule has 12 aromatic rings. The number of benzene rings is 9. The summed E-state index contributed by atoms with van der Waals surface area (Å²) >= 11 is 0. The molecule has 0 unspecified atom stereocenters. The fourth-order valence-electron chi connectivity index (χ4n) is 9.02. The van der Waals surface area contributed by atoms with Gasteiger partial charge >= 0.3 is 0 Å². The van der Waals surface area contributed by atoms with Crippen LogP contribution in [0.4, 0.5) is 0 Å². The minimum atomic E-state index is 0.628. The molecule has 0 atom stereocenters. The zero-order valence-electron chi connectivity index (χ0n) is 33.6. The molecular formula is C57H37N5. The number of hydrogen-bond acceptors (Lipinski definition) is 3. The summed E-state index contributed by atoms with van der Waals surface area (Å²) in [6, 6.07) is 79.4. The number of para-hydroxylation sites is 2. The van der Waals surface area contributed by atoms with Crippen LogP contribution in [0.15, 0.2) is 224 Å². The molecule has 9 aromatic carbocycles. The van der Waals surface area contributed by atoms with Crippen molar-refractivity contribution < 1.29 is 0 Å². The van der Waals surface area contributed by atoms with Crippen LogP contribution in [0.1, 0.15) is 0 Å². The van der Waals surface area contributed by atoms with Gasteiger partial charge in [0.05, 0.1) is 22.1 Å². The molecule has 3 aromatic heterocycles. The van der Waals surface area contributed by atoms with Crippen molar-refractivity contribution in [3.63, 3.8) is 0 Å². The van der Waals surface area contributed by atoms with E-state index in [0.717, 1.165) is 39.1 Å². The summed E-state index contributed by atoms with van der Waals surface area (Å²) in [6.45, 7) is 0. The molecule has 0 aliphatic rings. The normalized spacial score (nSPS) is 11.5. The molecular weight excluding hydrogens is 755 g/mol. The first-order valence-corrected chi connectivity index (χ1v) is 20.9. The van der Waals surface area contributed by atoms with Gasteiger partial charge in [-0.15, -0.1) is 0 Å². The van der Waals surface area contributed by atoms with Gasteiger partial charge in [0.15, 0.2) is 17.5 Å². The number of hydrogen-bond donors (Lipinski definition) is 0. The van der Waals surface area contributed by atoms with Crippen LogP contribution in [0.5, 0.6) is 0 Å². The second kappa shape index (κ2) is 14.7. The third kappa shape index (κ3) is 6.06. The van der Waals surface area contributed by atoms with Crippen molar-refractivity contribution in [3.8, 4) is 67.8 Å². The Morgan fingerprint density at radius 2 is 0.613 bits per heavy atom. The second-order valence-corrected chi connectivity index (χ2v) is 15.7. The lowest BCUT2D eigenvalue weighted by Gasteiger charge is -2.12. The van der Waals surface area contributed by atoms with Crippen LogP contribution in [-0.2, 0) is 0 Å². The van der Waals surface area contributed by atoms with Crippen molar-refractivity contribution in [2.24, 2.45) is 0 Å². The number of aromatic nitrogens is 5. The predicted molar refractivity (Wildman–Crippen MR) is 256 cm³/mol. The van der Waals surface area contributed by atoms with Crippen LogP contribution >= 0.6 is 0 Å². The molecule has 0 N–H and O–H groups in total. The largest absolute Gasteiger partial charge is 0.309 e. The molecule has 5 nitrogen and oxygen atoms in total. The van der Waals surface area contributed by atoms with Crippen LogP contribution in [0.2, 0.25) is 0 Å². The van der Waals surface area contributed by atoms with Crippen molar-refractivity contribution in [3.05, 3.63) is 224 Å². The fourth-order valence-corrected chi connectivity index (χ4v) is 9.02. The van der Waals surface area contributed by atoms with Gasteiger partial charge in [-0.3, -0.25) is 0 Å². The maximum atomic E-state index is 5.03. The highest BCUT2D eigenvalue weighted by Crippen LogP contribution is 2.39. The van der Waals surface area contributed by atoms with Crippen LogP contribution in [-0.4, -0.2) is 24.1 Å². The molecule has 0 saturated carbocycles. The van der Waals surface area contributed by atoms with Gasteiger partial charge in [0.2, 0.25) is 0 Å². The van der Waals surface area contributed by atoms with Crippen molar-refractivity contribution in [2.75, 3.05) is 0 Å². The van der Waals surface area contributed by atoms with Crippen molar-refractivity contribution >= 4 is 43.6 Å². The molecule has 0 fully saturated rings. The van der Waals surface area contributed by atoms with Gasteiger partial charge in [0, 0.05) is 49.6 Å². The van der Waals surface area contributed by atoms with Crippen LogP contribution in [0, 0.1) is 0 Å². The minimum absolute atomic E-state index is 0.628. The van der Waals surface area contributed by atoms with E-state index in [-0.39, 0.29) is 0 Å². The van der Waals surface area contributed by atoms with E-state index in [0.29, 0.717) is 17.5 Å². The summed E-state index contributed by atoms with van der Waals surface area (Å²) in [7, 11) is 0. The smallest absolute Gasteiger partial charge is 0.164 e. The molecule has 12 rings (SSSR count). The fraction of sp³-hybridized carbons (Fsp3) is 0. The molecule has 0 spiro atoms. The predicted octanol–water partition coefficient (Wildman–Crippen LogP) is 14.4. The summed E-state index contributed by atoms with van der Waals surface area (Å²) < 4.78 is 4.74. The molecule has 290 valence electrons. The maximum absolute atomic E-state index is 5.03. The van der Waals surface area contributed by atoms with Crippen molar-refractivity contribution in [1.82, 2.24) is 24.1 Å². The average molecular weight is 792 g/mol. The molecule has 0 radical (unpaired) electrons. The Kier molecular flexibility index (Phi) is 8.42. The first-order chi connectivity index (χ1) is 30.7. The molecule has 0 bridgehead atoms. The highest BCUT2D eigenvalue weighted by molar-refractivity contribution is 6.12. The van der Waals surface area contributed by atoms with E-state index in [4.69, 9.17) is 15.0 Å². The Labute approximate surface area is 358 Å². The Morgan fingerprint density at radius 1 is 0.226 bits per heavy atom. The third-order valence-electron chi connectivity index (χ3n) is 12.0. The molecule has 62 heavy (non-hydrogen) atoms. The molecule has 5 heteroatoms. The summed E-state index contributed by atoms with van der Waals surface area (Å²) in [5.74, 6) is 1.91. The third-order valence-corrected chi connectivity index (χ3v) is 12.0. The quantitative estimate of drug-likeness (QED) is 0.162. The van der Waals surface area contributed by atoms with E-state index in [2.05, 4.69) is 173 Å². The Morgan fingerprint density at radius 3 is 1.15 bits per heavy atom. The minimum Gasteiger partial charge on any atom is -0.309 e. The molecule has 0 amide bonds. The zero-order chi connectivity index (χ0) is 41.0. The Bertz CT molecular complexity index is 3550. The van der Waals surface area contributed by atoms with Gasteiger partial charge < -0.3 is 9.13 Å². The highest BCUT2D eigenvalue weighted by atomic mass is 15.0. The number of nitrogens with zero attached hydrogens (tertiary/aromatic N) is 5. The highest BCUT2D eigenvalue weighted by Gasteiger charge is 2.18.